The average Bonchev–Trinajstić information content (AvgIpc) is 3.24. The molecular formula is C20H23FN4. The predicted octanol–water partition coefficient (Wildman–Crippen LogP) is 3.69. The molecule has 5 heteroatoms. The third-order valence-electron chi connectivity index (χ3n) is 5.21. The lowest BCUT2D eigenvalue weighted by atomic mass is 10.1. The predicted molar refractivity (Wildman–Crippen MR) is 99.4 cm³/mol. The first-order valence-corrected chi connectivity index (χ1v) is 8.78. The van der Waals surface area contributed by atoms with Crippen LogP contribution in [-0.4, -0.2) is 29.1 Å². The fraction of sp³-hybridized carbons (Fsp3) is 0.350. The van der Waals surface area contributed by atoms with Crippen LogP contribution in [0.25, 0.3) is 10.9 Å². The molecule has 2 aromatic heterocycles. The summed E-state index contributed by atoms with van der Waals surface area (Å²) in [5.41, 5.74) is 5.02. The summed E-state index contributed by atoms with van der Waals surface area (Å²) in [7, 11) is 0. The molecule has 3 heterocycles. The third kappa shape index (κ3) is 3.12. The Bertz CT molecular complexity index is 902. The van der Waals surface area contributed by atoms with Crippen molar-refractivity contribution in [1.82, 2.24) is 15.3 Å². The van der Waals surface area contributed by atoms with Crippen molar-refractivity contribution in [3.05, 3.63) is 59.2 Å². The first kappa shape index (κ1) is 16.1. The maximum atomic E-state index is 13.9. The minimum Gasteiger partial charge on any atom is -0.357 e. The van der Waals surface area contributed by atoms with Crippen molar-refractivity contribution in [2.24, 2.45) is 0 Å². The number of H-pyrrole nitrogens is 1. The van der Waals surface area contributed by atoms with Crippen LogP contribution in [0.4, 0.5) is 10.2 Å². The molecule has 130 valence electrons. The summed E-state index contributed by atoms with van der Waals surface area (Å²) in [6.45, 7) is 6.71. The number of hydrogen-bond acceptors (Lipinski definition) is 3. The van der Waals surface area contributed by atoms with E-state index in [1.165, 1.54) is 33.8 Å². The Kier molecular flexibility index (Phi) is 4.17. The molecule has 1 aliphatic heterocycles. The molecule has 3 aromatic rings. The van der Waals surface area contributed by atoms with Crippen molar-refractivity contribution in [3.63, 3.8) is 0 Å². The van der Waals surface area contributed by atoms with Gasteiger partial charge in [-0.2, -0.15) is 0 Å². The van der Waals surface area contributed by atoms with Crippen molar-refractivity contribution in [3.8, 4) is 0 Å². The fourth-order valence-corrected chi connectivity index (χ4v) is 3.59. The largest absolute Gasteiger partial charge is 0.357 e. The number of benzene rings is 1. The minimum absolute atomic E-state index is 0.246. The smallest absolute Gasteiger partial charge is 0.165 e. The van der Waals surface area contributed by atoms with Crippen molar-refractivity contribution in [1.29, 1.82) is 0 Å². The van der Waals surface area contributed by atoms with Gasteiger partial charge in [0.15, 0.2) is 11.6 Å². The Morgan fingerprint density at radius 2 is 2.20 bits per heavy atom. The number of nitrogens with zero attached hydrogens (tertiary/aromatic N) is 2. The fourth-order valence-electron chi connectivity index (χ4n) is 3.59. The topological polar surface area (TPSA) is 44.0 Å². The lowest BCUT2D eigenvalue weighted by molar-refractivity contribution is 0.545. The average molecular weight is 338 g/mol. The van der Waals surface area contributed by atoms with Gasteiger partial charge in [0.05, 0.1) is 0 Å². The molecule has 0 amide bonds. The quantitative estimate of drug-likeness (QED) is 0.762. The van der Waals surface area contributed by atoms with Gasteiger partial charge in [-0.1, -0.05) is 6.07 Å². The van der Waals surface area contributed by atoms with Crippen molar-refractivity contribution in [2.45, 2.75) is 32.9 Å². The normalized spacial score (nSPS) is 17.6. The number of halogens is 1. The Hall–Kier alpha value is -2.40. The molecule has 0 radical (unpaired) electrons. The summed E-state index contributed by atoms with van der Waals surface area (Å²) in [5, 5.41) is 4.88. The second-order valence-corrected chi connectivity index (χ2v) is 6.88. The van der Waals surface area contributed by atoms with Gasteiger partial charge in [-0.05, 0) is 55.7 Å². The molecule has 1 fully saturated rings. The number of pyridine rings is 1. The molecule has 4 nitrogen and oxygen atoms in total. The molecule has 0 spiro atoms. The van der Waals surface area contributed by atoms with Crippen LogP contribution in [0, 0.1) is 19.7 Å². The van der Waals surface area contributed by atoms with Crippen LogP contribution in [-0.2, 0) is 6.54 Å². The van der Waals surface area contributed by atoms with Crippen LogP contribution in [0.1, 0.15) is 23.2 Å². The summed E-state index contributed by atoms with van der Waals surface area (Å²) in [6.07, 6.45) is 2.64. The van der Waals surface area contributed by atoms with E-state index in [1.54, 1.807) is 12.3 Å². The van der Waals surface area contributed by atoms with E-state index in [4.69, 9.17) is 0 Å². The zero-order chi connectivity index (χ0) is 17.4. The number of rotatable bonds is 4. The van der Waals surface area contributed by atoms with Crippen LogP contribution >= 0.6 is 0 Å². The standard InChI is InChI=1S/C20H23FN4/c1-13-5-6-19-17(14(13)2)10-16(24-19)11-23-15-7-9-25(12-15)20-18(21)4-3-8-22-20/h3-6,8,10,15,23-24H,7,9,11-12H2,1-2H3/t15-/m1/s1. The number of aromatic amines is 1. The second-order valence-electron chi connectivity index (χ2n) is 6.88. The van der Waals surface area contributed by atoms with E-state index in [0.717, 1.165) is 26.1 Å². The van der Waals surface area contributed by atoms with Gasteiger partial charge in [0.1, 0.15) is 0 Å². The first-order chi connectivity index (χ1) is 12.1. The zero-order valence-corrected chi connectivity index (χ0v) is 14.6. The molecule has 1 aliphatic rings. The number of aromatic nitrogens is 2. The van der Waals surface area contributed by atoms with Crippen LogP contribution in [0.5, 0.6) is 0 Å². The van der Waals surface area contributed by atoms with Gasteiger partial charge in [0, 0.05) is 48.5 Å². The van der Waals surface area contributed by atoms with Gasteiger partial charge in [-0.3, -0.25) is 0 Å². The van der Waals surface area contributed by atoms with Gasteiger partial charge in [-0.25, -0.2) is 9.37 Å². The van der Waals surface area contributed by atoms with E-state index in [9.17, 15) is 4.39 Å². The maximum absolute atomic E-state index is 13.9. The van der Waals surface area contributed by atoms with E-state index >= 15 is 0 Å². The van der Waals surface area contributed by atoms with E-state index in [1.807, 2.05) is 4.90 Å². The van der Waals surface area contributed by atoms with Crippen LogP contribution in [0.2, 0.25) is 0 Å². The molecule has 2 N–H and O–H groups in total. The summed E-state index contributed by atoms with van der Waals surface area (Å²) >= 11 is 0. The molecule has 0 saturated carbocycles. The number of aryl methyl sites for hydroxylation is 2. The molecule has 1 saturated heterocycles. The molecule has 1 aromatic carbocycles. The van der Waals surface area contributed by atoms with Crippen molar-refractivity contribution in [2.75, 3.05) is 18.0 Å². The Labute approximate surface area is 147 Å². The maximum Gasteiger partial charge on any atom is 0.165 e. The van der Waals surface area contributed by atoms with E-state index in [-0.39, 0.29) is 5.82 Å². The summed E-state index contributed by atoms with van der Waals surface area (Å²) in [6, 6.07) is 9.97. The zero-order valence-electron chi connectivity index (χ0n) is 14.6. The lowest BCUT2D eigenvalue weighted by Crippen LogP contribution is -2.32. The van der Waals surface area contributed by atoms with Crippen molar-refractivity contribution >= 4 is 16.7 Å². The van der Waals surface area contributed by atoms with Gasteiger partial charge in [-0.15, -0.1) is 0 Å². The number of hydrogen-bond donors (Lipinski definition) is 2. The molecule has 0 aliphatic carbocycles. The van der Waals surface area contributed by atoms with Gasteiger partial charge in [0.25, 0.3) is 0 Å². The van der Waals surface area contributed by atoms with Crippen LogP contribution in [0.3, 0.4) is 0 Å². The number of anilines is 1. The number of nitrogens with one attached hydrogen (secondary N) is 2. The van der Waals surface area contributed by atoms with Gasteiger partial charge in [0.2, 0.25) is 0 Å². The molecule has 0 unspecified atom stereocenters. The molecular weight excluding hydrogens is 315 g/mol. The van der Waals surface area contributed by atoms with Crippen LogP contribution < -0.4 is 10.2 Å². The highest BCUT2D eigenvalue weighted by molar-refractivity contribution is 5.84. The summed E-state index contributed by atoms with van der Waals surface area (Å²) in [4.78, 5) is 9.69. The highest BCUT2D eigenvalue weighted by Gasteiger charge is 2.25. The molecule has 25 heavy (non-hydrogen) atoms. The SMILES string of the molecule is Cc1ccc2[nH]c(CN[C@@H]3CCN(c4ncccc4F)C3)cc2c1C. The molecule has 0 bridgehead atoms. The minimum atomic E-state index is -0.246. The van der Waals surface area contributed by atoms with Crippen LogP contribution in [0.15, 0.2) is 36.5 Å². The third-order valence-corrected chi connectivity index (χ3v) is 5.21. The van der Waals surface area contributed by atoms with Gasteiger partial charge < -0.3 is 15.2 Å². The van der Waals surface area contributed by atoms with E-state index in [0.29, 0.717) is 11.9 Å². The highest BCUT2D eigenvalue weighted by atomic mass is 19.1. The Morgan fingerprint density at radius 1 is 1.32 bits per heavy atom. The monoisotopic (exact) mass is 338 g/mol. The van der Waals surface area contributed by atoms with E-state index in [2.05, 4.69) is 47.3 Å². The summed E-state index contributed by atoms with van der Waals surface area (Å²) < 4.78 is 13.9. The second kappa shape index (κ2) is 6.48. The van der Waals surface area contributed by atoms with Crippen molar-refractivity contribution < 1.29 is 4.39 Å². The molecule has 1 atom stereocenters. The van der Waals surface area contributed by atoms with Gasteiger partial charge >= 0.3 is 0 Å². The molecule has 4 rings (SSSR count). The van der Waals surface area contributed by atoms with E-state index < -0.39 is 0 Å². The summed E-state index contributed by atoms with van der Waals surface area (Å²) in [5.74, 6) is 0.216. The number of fused-ring (bicyclic) bond motifs is 1. The highest BCUT2D eigenvalue weighted by Crippen LogP contribution is 2.23. The first-order valence-electron chi connectivity index (χ1n) is 8.78. The lowest BCUT2D eigenvalue weighted by Gasteiger charge is -2.18. The Morgan fingerprint density at radius 3 is 3.04 bits per heavy atom. The Balaban J connectivity index is 1.41.